The second kappa shape index (κ2) is 12.0. The molecule has 1 saturated heterocycles. The lowest BCUT2D eigenvalue weighted by atomic mass is 9.78. The van der Waals surface area contributed by atoms with E-state index in [4.69, 9.17) is 9.47 Å². The molecule has 1 heterocycles. The molecule has 0 aromatic heterocycles. The highest BCUT2D eigenvalue weighted by atomic mass is 127. The van der Waals surface area contributed by atoms with Crippen LogP contribution in [-0.2, 0) is 14.9 Å². The van der Waals surface area contributed by atoms with Gasteiger partial charge in [-0.25, -0.2) is 0 Å². The van der Waals surface area contributed by atoms with Crippen molar-refractivity contribution in [2.24, 2.45) is 4.99 Å². The van der Waals surface area contributed by atoms with Gasteiger partial charge in [0.05, 0.1) is 12.7 Å². The molecule has 28 heavy (non-hydrogen) atoms. The first kappa shape index (κ1) is 23.4. The van der Waals surface area contributed by atoms with Gasteiger partial charge in [0.1, 0.15) is 0 Å². The van der Waals surface area contributed by atoms with E-state index >= 15 is 0 Å². The zero-order valence-electron chi connectivity index (χ0n) is 17.3. The van der Waals surface area contributed by atoms with E-state index in [1.165, 1.54) is 36.8 Å². The minimum atomic E-state index is 0. The number of nitrogens with zero attached hydrogens (tertiary/aromatic N) is 1. The first-order valence-electron chi connectivity index (χ1n) is 10.4. The molecule has 1 atom stereocenters. The smallest absolute Gasteiger partial charge is 0.191 e. The van der Waals surface area contributed by atoms with Crippen molar-refractivity contribution in [1.82, 2.24) is 10.6 Å². The second-order valence-corrected chi connectivity index (χ2v) is 7.92. The summed E-state index contributed by atoms with van der Waals surface area (Å²) in [4.78, 5) is 4.40. The Labute approximate surface area is 187 Å². The molecule has 1 aromatic rings. The van der Waals surface area contributed by atoms with Gasteiger partial charge in [0.2, 0.25) is 0 Å². The van der Waals surface area contributed by atoms with Crippen molar-refractivity contribution in [2.75, 3.05) is 40.0 Å². The van der Waals surface area contributed by atoms with E-state index in [-0.39, 0.29) is 29.4 Å². The van der Waals surface area contributed by atoms with Crippen molar-refractivity contribution >= 4 is 29.9 Å². The molecule has 3 rings (SSSR count). The van der Waals surface area contributed by atoms with Crippen molar-refractivity contribution in [2.45, 2.75) is 57.0 Å². The Bertz CT molecular complexity index is 612. The molecule has 0 radical (unpaired) electrons. The monoisotopic (exact) mass is 501 g/mol. The van der Waals surface area contributed by atoms with Crippen molar-refractivity contribution in [3.8, 4) is 0 Å². The summed E-state index contributed by atoms with van der Waals surface area (Å²) in [5.74, 6) is 0.887. The number of halogens is 1. The highest BCUT2D eigenvalue weighted by Gasteiger charge is 2.35. The van der Waals surface area contributed by atoms with Crippen molar-refractivity contribution in [3.63, 3.8) is 0 Å². The summed E-state index contributed by atoms with van der Waals surface area (Å²) in [5.41, 5.74) is 3.04. The van der Waals surface area contributed by atoms with E-state index in [2.05, 4.69) is 46.8 Å². The fraction of sp³-hybridized carbons (Fsp3) is 0.682. The molecule has 0 amide bonds. The normalized spacial score (nSPS) is 21.4. The van der Waals surface area contributed by atoms with Gasteiger partial charge in [-0.2, -0.15) is 0 Å². The number of guanidine groups is 1. The lowest BCUT2D eigenvalue weighted by Gasteiger charge is -2.31. The van der Waals surface area contributed by atoms with E-state index in [1.807, 2.05) is 7.05 Å². The summed E-state index contributed by atoms with van der Waals surface area (Å²) >= 11 is 0. The zero-order valence-corrected chi connectivity index (χ0v) is 19.7. The van der Waals surface area contributed by atoms with Crippen LogP contribution in [0.2, 0.25) is 0 Å². The summed E-state index contributed by atoms with van der Waals surface area (Å²) in [6, 6.07) is 9.01. The predicted molar refractivity (Wildman–Crippen MR) is 126 cm³/mol. The molecular weight excluding hydrogens is 465 g/mol. The van der Waals surface area contributed by atoms with Crippen molar-refractivity contribution < 1.29 is 9.47 Å². The third-order valence-electron chi connectivity index (χ3n) is 5.86. The van der Waals surface area contributed by atoms with Gasteiger partial charge in [-0.05, 0) is 38.2 Å². The number of benzene rings is 1. The lowest BCUT2D eigenvalue weighted by Crippen LogP contribution is -2.45. The SMILES string of the molecule is CN=C(NCCCOC1CCOC1)NCC1(c2cccc(C)c2)CCCC1.I. The van der Waals surface area contributed by atoms with Crippen LogP contribution in [0, 0.1) is 6.92 Å². The van der Waals surface area contributed by atoms with E-state index in [0.29, 0.717) is 6.10 Å². The minimum Gasteiger partial charge on any atom is -0.379 e. The molecule has 1 aliphatic heterocycles. The molecule has 5 nitrogen and oxygen atoms in total. The molecule has 1 aliphatic carbocycles. The third kappa shape index (κ3) is 6.59. The van der Waals surface area contributed by atoms with E-state index < -0.39 is 0 Å². The molecule has 1 aromatic carbocycles. The Morgan fingerprint density at radius 3 is 2.79 bits per heavy atom. The zero-order chi connectivity index (χ0) is 19.0. The molecule has 2 fully saturated rings. The van der Waals surface area contributed by atoms with E-state index in [0.717, 1.165) is 51.7 Å². The van der Waals surface area contributed by atoms with Gasteiger partial charge >= 0.3 is 0 Å². The van der Waals surface area contributed by atoms with E-state index in [1.54, 1.807) is 0 Å². The third-order valence-corrected chi connectivity index (χ3v) is 5.86. The van der Waals surface area contributed by atoms with Crippen LogP contribution in [0.15, 0.2) is 29.3 Å². The number of hydrogen-bond acceptors (Lipinski definition) is 3. The van der Waals surface area contributed by atoms with Crippen LogP contribution in [0.25, 0.3) is 0 Å². The Kier molecular flexibility index (Phi) is 10.0. The molecule has 158 valence electrons. The van der Waals surface area contributed by atoms with Crippen LogP contribution in [0.5, 0.6) is 0 Å². The average molecular weight is 501 g/mol. The summed E-state index contributed by atoms with van der Waals surface area (Å²) in [6.45, 7) is 6.34. The summed E-state index contributed by atoms with van der Waals surface area (Å²) in [5, 5.41) is 7.01. The van der Waals surface area contributed by atoms with Crippen LogP contribution in [0.3, 0.4) is 0 Å². The van der Waals surface area contributed by atoms with Crippen molar-refractivity contribution in [3.05, 3.63) is 35.4 Å². The number of aliphatic imine (C=N–C) groups is 1. The number of nitrogens with one attached hydrogen (secondary N) is 2. The van der Waals surface area contributed by atoms with Crippen LogP contribution < -0.4 is 10.6 Å². The molecule has 1 unspecified atom stereocenters. The summed E-state index contributed by atoms with van der Waals surface area (Å²) in [7, 11) is 1.84. The first-order chi connectivity index (χ1) is 13.2. The fourth-order valence-corrected chi connectivity index (χ4v) is 4.24. The van der Waals surface area contributed by atoms with Gasteiger partial charge in [-0.15, -0.1) is 24.0 Å². The average Bonchev–Trinajstić information content (AvgIpc) is 3.36. The molecule has 0 spiro atoms. The highest BCUT2D eigenvalue weighted by Crippen LogP contribution is 2.40. The number of aryl methyl sites for hydroxylation is 1. The van der Waals surface area contributed by atoms with Crippen molar-refractivity contribution in [1.29, 1.82) is 0 Å². The van der Waals surface area contributed by atoms with Gasteiger partial charge in [-0.1, -0.05) is 42.7 Å². The largest absolute Gasteiger partial charge is 0.379 e. The Hall–Kier alpha value is -0.860. The van der Waals surface area contributed by atoms with Crippen LogP contribution >= 0.6 is 24.0 Å². The predicted octanol–water partition coefficient (Wildman–Crippen LogP) is 3.79. The van der Waals surface area contributed by atoms with E-state index in [9.17, 15) is 0 Å². The Balaban J connectivity index is 0.00000280. The topological polar surface area (TPSA) is 54.9 Å². The van der Waals surface area contributed by atoms with Gasteiger partial charge < -0.3 is 20.1 Å². The second-order valence-electron chi connectivity index (χ2n) is 7.92. The lowest BCUT2D eigenvalue weighted by molar-refractivity contribution is 0.0420. The number of rotatable bonds is 8. The molecule has 2 N–H and O–H groups in total. The van der Waals surface area contributed by atoms with Gasteiger partial charge in [0.25, 0.3) is 0 Å². The highest BCUT2D eigenvalue weighted by molar-refractivity contribution is 14.0. The standard InChI is InChI=1S/C22H35N3O2.HI/c1-18-7-5-8-19(15-18)22(10-3-4-11-22)17-25-21(23-2)24-12-6-13-27-20-9-14-26-16-20;/h5,7-8,15,20H,3-4,6,9-14,16-17H2,1-2H3,(H2,23,24,25);1H. The summed E-state index contributed by atoms with van der Waals surface area (Å²) < 4.78 is 11.2. The molecule has 6 heteroatoms. The quantitative estimate of drug-likeness (QED) is 0.247. The van der Waals surface area contributed by atoms with Gasteiger partial charge in [0.15, 0.2) is 5.96 Å². The van der Waals surface area contributed by atoms with Gasteiger partial charge in [0, 0.05) is 38.8 Å². The van der Waals surface area contributed by atoms with Crippen LogP contribution in [0.4, 0.5) is 0 Å². The Morgan fingerprint density at radius 2 is 2.11 bits per heavy atom. The maximum absolute atomic E-state index is 5.82. The number of hydrogen-bond donors (Lipinski definition) is 2. The number of ether oxygens (including phenoxy) is 2. The van der Waals surface area contributed by atoms with Crippen LogP contribution in [0.1, 0.15) is 49.7 Å². The fourth-order valence-electron chi connectivity index (χ4n) is 4.24. The molecular formula is C22H36IN3O2. The minimum absolute atomic E-state index is 0. The molecule has 2 aliphatic rings. The van der Waals surface area contributed by atoms with Gasteiger partial charge in [-0.3, -0.25) is 4.99 Å². The Morgan fingerprint density at radius 1 is 1.29 bits per heavy atom. The maximum atomic E-state index is 5.82. The first-order valence-corrected chi connectivity index (χ1v) is 10.4. The summed E-state index contributed by atoms with van der Waals surface area (Å²) in [6.07, 6.45) is 7.40. The molecule has 1 saturated carbocycles. The maximum Gasteiger partial charge on any atom is 0.191 e. The molecule has 0 bridgehead atoms. The van der Waals surface area contributed by atoms with Crippen LogP contribution in [-0.4, -0.2) is 52.0 Å².